The third-order valence-corrected chi connectivity index (χ3v) is 5.45. The Hall–Kier alpha value is -4.25. The lowest BCUT2D eigenvalue weighted by Gasteiger charge is -2.09. The number of carbonyl (C=O) groups is 3. The van der Waals surface area contributed by atoms with Gasteiger partial charge in [-0.1, -0.05) is 30.3 Å². The van der Waals surface area contributed by atoms with Crippen molar-refractivity contribution in [3.63, 3.8) is 0 Å². The maximum absolute atomic E-state index is 12.6. The molecule has 0 spiro atoms. The normalized spacial score (nSPS) is 10.3. The van der Waals surface area contributed by atoms with Gasteiger partial charge in [-0.05, 0) is 24.6 Å². The van der Waals surface area contributed by atoms with Crippen LogP contribution in [-0.2, 0) is 14.3 Å². The van der Waals surface area contributed by atoms with Crippen molar-refractivity contribution in [2.24, 2.45) is 0 Å². The van der Waals surface area contributed by atoms with Gasteiger partial charge in [0.25, 0.3) is 5.91 Å². The average Bonchev–Trinajstić information content (AvgIpc) is 3.26. The average molecular weight is 484 g/mol. The number of nitro groups is 1. The quantitative estimate of drug-likeness (QED) is 0.270. The summed E-state index contributed by atoms with van der Waals surface area (Å²) in [7, 11) is 1.27. The van der Waals surface area contributed by atoms with Crippen molar-refractivity contribution in [1.29, 1.82) is 0 Å². The van der Waals surface area contributed by atoms with Gasteiger partial charge in [0.1, 0.15) is 10.6 Å². The lowest BCUT2D eigenvalue weighted by molar-refractivity contribution is -0.385. The highest BCUT2D eigenvalue weighted by molar-refractivity contribution is 7.15. The molecule has 176 valence electrons. The summed E-state index contributed by atoms with van der Waals surface area (Å²) in [6, 6.07) is 12.7. The number of methoxy groups -OCH3 is 1. The Kier molecular flexibility index (Phi) is 7.93. The van der Waals surface area contributed by atoms with E-state index in [1.165, 1.54) is 19.2 Å². The molecule has 1 N–H and O–H groups in total. The Labute approximate surface area is 198 Å². The lowest BCUT2D eigenvalue weighted by Crippen LogP contribution is -2.21. The highest BCUT2D eigenvalue weighted by atomic mass is 32.1. The molecule has 3 rings (SSSR count). The second-order valence-electron chi connectivity index (χ2n) is 6.71. The number of rotatable bonds is 9. The maximum Gasteiger partial charge on any atom is 0.341 e. The number of amides is 1. The molecular weight excluding hydrogens is 464 g/mol. The summed E-state index contributed by atoms with van der Waals surface area (Å²) in [6.45, 7) is 1.16. The number of nitro benzene ring substituents is 1. The number of benzene rings is 2. The third-order valence-electron chi connectivity index (χ3n) is 4.55. The largest absolute Gasteiger partial charge is 0.490 e. The van der Waals surface area contributed by atoms with E-state index in [4.69, 9.17) is 14.2 Å². The molecule has 0 saturated heterocycles. The summed E-state index contributed by atoms with van der Waals surface area (Å²) >= 11 is 1.13. The molecule has 3 aromatic rings. The molecule has 0 atom stereocenters. The van der Waals surface area contributed by atoms with Crippen molar-refractivity contribution in [2.45, 2.75) is 6.92 Å². The summed E-state index contributed by atoms with van der Waals surface area (Å²) in [5, 5.41) is 15.7. The summed E-state index contributed by atoms with van der Waals surface area (Å²) in [6.07, 6.45) is 0. The SMILES string of the molecule is CCOC(=O)c1c(-c2ccccc2)csc1NC(=O)COC(=O)c1ccc(OC)c([N+](=O)[O-])c1. The van der Waals surface area contributed by atoms with Crippen molar-refractivity contribution in [3.8, 4) is 16.9 Å². The number of ether oxygens (including phenoxy) is 3. The zero-order valence-corrected chi connectivity index (χ0v) is 19.0. The fourth-order valence-corrected chi connectivity index (χ4v) is 4.00. The number of esters is 2. The first-order valence-electron chi connectivity index (χ1n) is 9.99. The van der Waals surface area contributed by atoms with E-state index in [-0.39, 0.29) is 28.5 Å². The number of carbonyl (C=O) groups excluding carboxylic acids is 3. The first-order chi connectivity index (χ1) is 16.3. The molecule has 10 nitrogen and oxygen atoms in total. The van der Waals surface area contributed by atoms with Gasteiger partial charge in [-0.15, -0.1) is 11.3 Å². The van der Waals surface area contributed by atoms with Gasteiger partial charge in [-0.3, -0.25) is 14.9 Å². The second kappa shape index (κ2) is 11.1. The Morgan fingerprint density at radius 3 is 2.44 bits per heavy atom. The van der Waals surface area contributed by atoms with E-state index in [1.807, 2.05) is 30.3 Å². The molecule has 34 heavy (non-hydrogen) atoms. The molecule has 0 aliphatic carbocycles. The minimum atomic E-state index is -0.928. The highest BCUT2D eigenvalue weighted by Gasteiger charge is 2.24. The van der Waals surface area contributed by atoms with E-state index < -0.39 is 35.1 Å². The molecule has 1 amide bonds. The van der Waals surface area contributed by atoms with Crippen LogP contribution >= 0.6 is 11.3 Å². The molecule has 1 heterocycles. The Balaban J connectivity index is 1.73. The van der Waals surface area contributed by atoms with Gasteiger partial charge < -0.3 is 19.5 Å². The molecule has 0 fully saturated rings. The van der Waals surface area contributed by atoms with Crippen LogP contribution in [0, 0.1) is 10.1 Å². The van der Waals surface area contributed by atoms with Crippen LogP contribution in [0.2, 0.25) is 0 Å². The van der Waals surface area contributed by atoms with Gasteiger partial charge >= 0.3 is 17.6 Å². The van der Waals surface area contributed by atoms with E-state index in [1.54, 1.807) is 12.3 Å². The Bertz CT molecular complexity index is 1220. The van der Waals surface area contributed by atoms with Gasteiger partial charge in [-0.25, -0.2) is 9.59 Å². The molecule has 0 aliphatic heterocycles. The van der Waals surface area contributed by atoms with Gasteiger partial charge in [0.2, 0.25) is 0 Å². The smallest absolute Gasteiger partial charge is 0.341 e. The number of nitrogens with one attached hydrogen (secondary N) is 1. The van der Waals surface area contributed by atoms with E-state index in [0.29, 0.717) is 5.56 Å². The lowest BCUT2D eigenvalue weighted by atomic mass is 10.0. The van der Waals surface area contributed by atoms with E-state index >= 15 is 0 Å². The summed E-state index contributed by atoms with van der Waals surface area (Å²) in [5.41, 5.74) is 1.04. The molecule has 0 unspecified atom stereocenters. The van der Waals surface area contributed by atoms with Crippen molar-refractivity contribution >= 4 is 39.9 Å². The van der Waals surface area contributed by atoms with Crippen LogP contribution in [-0.4, -0.2) is 43.1 Å². The zero-order valence-electron chi connectivity index (χ0n) is 18.2. The van der Waals surface area contributed by atoms with Gasteiger partial charge in [0.05, 0.1) is 24.2 Å². The van der Waals surface area contributed by atoms with Crippen LogP contribution in [0.4, 0.5) is 10.7 Å². The van der Waals surface area contributed by atoms with Gasteiger partial charge in [-0.2, -0.15) is 0 Å². The Morgan fingerprint density at radius 1 is 1.06 bits per heavy atom. The predicted octanol–water partition coefficient (Wildman–Crippen LogP) is 4.30. The summed E-state index contributed by atoms with van der Waals surface area (Å²) in [4.78, 5) is 47.7. The number of hydrogen-bond acceptors (Lipinski definition) is 9. The Morgan fingerprint density at radius 2 is 1.79 bits per heavy atom. The molecule has 0 bridgehead atoms. The first kappa shape index (κ1) is 24.4. The van der Waals surface area contributed by atoms with Crippen molar-refractivity contribution in [3.05, 3.63) is 75.2 Å². The monoisotopic (exact) mass is 484 g/mol. The minimum Gasteiger partial charge on any atom is -0.490 e. The van der Waals surface area contributed by atoms with E-state index in [9.17, 15) is 24.5 Å². The topological polar surface area (TPSA) is 134 Å². The van der Waals surface area contributed by atoms with Crippen LogP contribution in [0.3, 0.4) is 0 Å². The zero-order chi connectivity index (χ0) is 24.7. The molecule has 2 aromatic carbocycles. The fourth-order valence-electron chi connectivity index (χ4n) is 3.02. The standard InChI is InChI=1S/C23H20N2O8S/c1-3-32-23(28)20-16(14-7-5-4-6-8-14)13-34-21(20)24-19(26)12-33-22(27)15-9-10-18(31-2)17(11-15)25(29)30/h4-11,13H,3,12H2,1-2H3,(H,24,26). The van der Waals surface area contributed by atoms with Gasteiger partial charge in [0, 0.05) is 17.0 Å². The van der Waals surface area contributed by atoms with Crippen LogP contribution in [0.15, 0.2) is 53.9 Å². The number of thiophene rings is 1. The van der Waals surface area contributed by atoms with Crippen molar-refractivity contribution < 1.29 is 33.5 Å². The van der Waals surface area contributed by atoms with Crippen LogP contribution in [0.5, 0.6) is 5.75 Å². The van der Waals surface area contributed by atoms with Crippen LogP contribution < -0.4 is 10.1 Å². The third kappa shape index (κ3) is 5.56. The van der Waals surface area contributed by atoms with Crippen molar-refractivity contribution in [1.82, 2.24) is 0 Å². The molecule has 0 saturated carbocycles. The summed E-state index contributed by atoms with van der Waals surface area (Å²) < 4.78 is 15.0. The molecule has 0 radical (unpaired) electrons. The highest BCUT2D eigenvalue weighted by Crippen LogP contribution is 2.36. The van der Waals surface area contributed by atoms with Crippen LogP contribution in [0.25, 0.3) is 11.1 Å². The van der Waals surface area contributed by atoms with Gasteiger partial charge in [0.15, 0.2) is 12.4 Å². The maximum atomic E-state index is 12.6. The van der Waals surface area contributed by atoms with E-state index in [2.05, 4.69) is 5.32 Å². The number of nitrogens with zero attached hydrogens (tertiary/aromatic N) is 1. The summed E-state index contributed by atoms with van der Waals surface area (Å²) in [5.74, 6) is -2.23. The van der Waals surface area contributed by atoms with Crippen LogP contribution in [0.1, 0.15) is 27.6 Å². The number of anilines is 1. The molecule has 11 heteroatoms. The number of hydrogen-bond donors (Lipinski definition) is 1. The second-order valence-corrected chi connectivity index (χ2v) is 7.59. The van der Waals surface area contributed by atoms with Crippen molar-refractivity contribution in [2.75, 3.05) is 25.6 Å². The fraction of sp³-hybridized carbons (Fsp3) is 0.174. The molecule has 0 aliphatic rings. The minimum absolute atomic E-state index is 0.0160. The van der Waals surface area contributed by atoms with E-state index in [0.717, 1.165) is 23.0 Å². The predicted molar refractivity (Wildman–Crippen MR) is 124 cm³/mol. The first-order valence-corrected chi connectivity index (χ1v) is 10.9. The molecular formula is C23H20N2O8S. The molecule has 1 aromatic heterocycles.